The van der Waals surface area contributed by atoms with Gasteiger partial charge in [-0.2, -0.15) is 5.26 Å². The summed E-state index contributed by atoms with van der Waals surface area (Å²) < 4.78 is 21.1. The van der Waals surface area contributed by atoms with Crippen LogP contribution in [-0.4, -0.2) is 26.5 Å². The van der Waals surface area contributed by atoms with Crippen molar-refractivity contribution in [2.45, 2.75) is 12.8 Å². The van der Waals surface area contributed by atoms with Crippen LogP contribution in [0.25, 0.3) is 0 Å². The Kier molecular flexibility index (Phi) is 5.28. The fourth-order valence-electron chi connectivity index (χ4n) is 2.99. The average molecular weight is 353 g/mol. The van der Waals surface area contributed by atoms with E-state index in [4.69, 9.17) is 18.9 Å². The maximum Gasteiger partial charge on any atom is 0.324 e. The first-order chi connectivity index (χ1) is 12.7. The monoisotopic (exact) mass is 353 g/mol. The third kappa shape index (κ3) is 3.42. The quantitative estimate of drug-likeness (QED) is 0.742. The lowest BCUT2D eigenvalue weighted by atomic mass is 9.81. The lowest BCUT2D eigenvalue weighted by molar-refractivity contribution is -0.146. The predicted octanol–water partition coefficient (Wildman–Crippen LogP) is 3.26. The van der Waals surface area contributed by atoms with E-state index in [2.05, 4.69) is 6.07 Å². The molecule has 0 aromatic heterocycles. The van der Waals surface area contributed by atoms with Crippen molar-refractivity contribution in [1.82, 2.24) is 0 Å². The molecule has 3 rings (SSSR count). The van der Waals surface area contributed by atoms with E-state index >= 15 is 0 Å². The highest BCUT2D eigenvalue weighted by atomic mass is 16.7. The first-order valence-corrected chi connectivity index (χ1v) is 8.27. The third-order valence-electron chi connectivity index (χ3n) is 4.24. The standard InChI is InChI=1S/C20H19NO5/c1-3-24-20(22)16(11-21)19(13-4-7-15(23-2)8-5-13)14-6-9-17-18(10-14)26-12-25-17/h4-10,16,19H,3,12H2,1-2H3/t16-,19-/m1/s1. The third-order valence-corrected chi connectivity index (χ3v) is 4.24. The summed E-state index contributed by atoms with van der Waals surface area (Å²) >= 11 is 0. The van der Waals surface area contributed by atoms with Crippen LogP contribution < -0.4 is 14.2 Å². The zero-order valence-corrected chi connectivity index (χ0v) is 14.6. The Balaban J connectivity index is 2.05. The van der Waals surface area contributed by atoms with Crippen molar-refractivity contribution >= 4 is 5.97 Å². The smallest absolute Gasteiger partial charge is 0.324 e. The number of carbonyl (C=O) groups is 1. The molecule has 0 spiro atoms. The van der Waals surface area contributed by atoms with Crippen LogP contribution in [0.2, 0.25) is 0 Å². The van der Waals surface area contributed by atoms with E-state index in [1.165, 1.54) is 0 Å². The lowest BCUT2D eigenvalue weighted by Gasteiger charge is -2.22. The largest absolute Gasteiger partial charge is 0.497 e. The molecule has 0 amide bonds. The maximum absolute atomic E-state index is 12.4. The Labute approximate surface area is 151 Å². The summed E-state index contributed by atoms with van der Waals surface area (Å²) in [6.45, 7) is 2.09. The summed E-state index contributed by atoms with van der Waals surface area (Å²) in [5.41, 5.74) is 1.59. The molecule has 0 unspecified atom stereocenters. The van der Waals surface area contributed by atoms with Gasteiger partial charge < -0.3 is 18.9 Å². The number of methoxy groups -OCH3 is 1. The van der Waals surface area contributed by atoms with Gasteiger partial charge in [-0.1, -0.05) is 18.2 Å². The fourth-order valence-corrected chi connectivity index (χ4v) is 2.99. The molecule has 6 heteroatoms. The molecule has 0 radical (unpaired) electrons. The van der Waals surface area contributed by atoms with Crippen LogP contribution in [0.1, 0.15) is 24.0 Å². The van der Waals surface area contributed by atoms with Gasteiger partial charge in [-0.15, -0.1) is 0 Å². The van der Waals surface area contributed by atoms with Crippen LogP contribution in [0.3, 0.4) is 0 Å². The van der Waals surface area contributed by atoms with Gasteiger partial charge in [0.25, 0.3) is 0 Å². The molecule has 2 aromatic carbocycles. The molecule has 2 atom stereocenters. The molecule has 6 nitrogen and oxygen atoms in total. The average Bonchev–Trinajstić information content (AvgIpc) is 3.14. The van der Waals surface area contributed by atoms with Gasteiger partial charge in [0.2, 0.25) is 6.79 Å². The van der Waals surface area contributed by atoms with E-state index < -0.39 is 17.8 Å². The van der Waals surface area contributed by atoms with E-state index in [0.717, 1.165) is 11.1 Å². The molecule has 1 aliphatic heterocycles. The zero-order valence-electron chi connectivity index (χ0n) is 14.6. The molecule has 1 heterocycles. The van der Waals surface area contributed by atoms with E-state index in [1.807, 2.05) is 18.2 Å². The molecular formula is C20H19NO5. The molecule has 0 saturated heterocycles. The molecule has 1 aliphatic rings. The molecule has 0 saturated carbocycles. The zero-order chi connectivity index (χ0) is 18.5. The summed E-state index contributed by atoms with van der Waals surface area (Å²) in [6, 6.07) is 14.8. The first kappa shape index (κ1) is 17.6. The predicted molar refractivity (Wildman–Crippen MR) is 93.1 cm³/mol. The number of rotatable bonds is 6. The number of carbonyl (C=O) groups excluding carboxylic acids is 1. The first-order valence-electron chi connectivity index (χ1n) is 8.27. The molecular weight excluding hydrogens is 334 g/mol. The van der Waals surface area contributed by atoms with Crippen LogP contribution >= 0.6 is 0 Å². The van der Waals surface area contributed by atoms with Crippen molar-refractivity contribution in [3.63, 3.8) is 0 Å². The van der Waals surface area contributed by atoms with Crippen molar-refractivity contribution in [3.8, 4) is 23.3 Å². The summed E-state index contributed by atoms with van der Waals surface area (Å²) in [4.78, 5) is 12.4. The summed E-state index contributed by atoms with van der Waals surface area (Å²) in [5, 5.41) is 9.68. The highest BCUT2D eigenvalue weighted by Crippen LogP contribution is 2.39. The minimum absolute atomic E-state index is 0.158. The van der Waals surface area contributed by atoms with E-state index in [-0.39, 0.29) is 13.4 Å². The molecule has 134 valence electrons. The second kappa shape index (κ2) is 7.79. The summed E-state index contributed by atoms with van der Waals surface area (Å²) in [6.07, 6.45) is 0. The second-order valence-electron chi connectivity index (χ2n) is 5.72. The Morgan fingerprint density at radius 3 is 2.50 bits per heavy atom. The van der Waals surface area contributed by atoms with Gasteiger partial charge >= 0.3 is 5.97 Å². The Bertz CT molecular complexity index is 825. The SMILES string of the molecule is CCOC(=O)[C@H](C#N)[C@H](c1ccc(OC)cc1)c1ccc2c(c1)OCO2. The van der Waals surface area contributed by atoms with E-state index in [9.17, 15) is 10.1 Å². The van der Waals surface area contributed by atoms with Gasteiger partial charge in [0, 0.05) is 5.92 Å². The van der Waals surface area contributed by atoms with Crippen LogP contribution in [0, 0.1) is 17.2 Å². The van der Waals surface area contributed by atoms with E-state index in [0.29, 0.717) is 17.2 Å². The molecule has 0 aliphatic carbocycles. The maximum atomic E-state index is 12.4. The Morgan fingerprint density at radius 1 is 1.15 bits per heavy atom. The van der Waals surface area contributed by atoms with Crippen molar-refractivity contribution in [2.75, 3.05) is 20.5 Å². The van der Waals surface area contributed by atoms with Gasteiger partial charge in [0.15, 0.2) is 17.4 Å². The Hall–Kier alpha value is -3.20. The lowest BCUT2D eigenvalue weighted by Crippen LogP contribution is -2.24. The Morgan fingerprint density at radius 2 is 1.85 bits per heavy atom. The van der Waals surface area contributed by atoms with Crippen LogP contribution in [-0.2, 0) is 9.53 Å². The van der Waals surface area contributed by atoms with Gasteiger partial charge in [0.05, 0.1) is 19.8 Å². The highest BCUT2D eigenvalue weighted by Gasteiger charge is 2.33. The van der Waals surface area contributed by atoms with Crippen LogP contribution in [0.4, 0.5) is 0 Å². The number of nitriles is 1. The number of fused-ring (bicyclic) bond motifs is 1. The van der Waals surface area contributed by atoms with Gasteiger partial charge in [-0.25, -0.2) is 0 Å². The highest BCUT2D eigenvalue weighted by molar-refractivity contribution is 5.77. The second-order valence-corrected chi connectivity index (χ2v) is 5.72. The number of hydrogen-bond donors (Lipinski definition) is 0. The van der Waals surface area contributed by atoms with Crippen molar-refractivity contribution in [2.24, 2.45) is 5.92 Å². The van der Waals surface area contributed by atoms with Crippen LogP contribution in [0.15, 0.2) is 42.5 Å². The number of esters is 1. The van der Waals surface area contributed by atoms with Crippen LogP contribution in [0.5, 0.6) is 17.2 Å². The van der Waals surface area contributed by atoms with Crippen molar-refractivity contribution in [3.05, 3.63) is 53.6 Å². The number of benzene rings is 2. The number of nitrogens with zero attached hydrogens (tertiary/aromatic N) is 1. The molecule has 0 fully saturated rings. The molecule has 26 heavy (non-hydrogen) atoms. The molecule has 0 bridgehead atoms. The van der Waals surface area contributed by atoms with E-state index in [1.54, 1.807) is 38.3 Å². The van der Waals surface area contributed by atoms with Gasteiger partial charge in [0.1, 0.15) is 5.75 Å². The van der Waals surface area contributed by atoms with Gasteiger partial charge in [-0.3, -0.25) is 4.79 Å². The number of hydrogen-bond acceptors (Lipinski definition) is 6. The van der Waals surface area contributed by atoms with Crippen molar-refractivity contribution in [1.29, 1.82) is 5.26 Å². The van der Waals surface area contributed by atoms with Crippen molar-refractivity contribution < 1.29 is 23.7 Å². The fraction of sp³-hybridized carbons (Fsp3) is 0.300. The van der Waals surface area contributed by atoms with Gasteiger partial charge in [-0.05, 0) is 42.3 Å². The summed E-state index contributed by atoms with van der Waals surface area (Å²) in [7, 11) is 1.58. The number of ether oxygens (including phenoxy) is 4. The minimum Gasteiger partial charge on any atom is -0.497 e. The topological polar surface area (TPSA) is 77.8 Å². The summed E-state index contributed by atoms with van der Waals surface area (Å²) in [5.74, 6) is -0.0899. The normalized spacial score (nSPS) is 14.2. The molecule has 2 aromatic rings. The molecule has 0 N–H and O–H groups in total. The minimum atomic E-state index is -0.983.